The molecule has 0 saturated carbocycles. The van der Waals surface area contributed by atoms with E-state index in [0.29, 0.717) is 11.6 Å². The van der Waals surface area contributed by atoms with Gasteiger partial charge in [0.25, 0.3) is 0 Å². The van der Waals surface area contributed by atoms with Gasteiger partial charge in [0.1, 0.15) is 5.75 Å². The first kappa shape index (κ1) is 19.7. The molecule has 1 amide bonds. The summed E-state index contributed by atoms with van der Waals surface area (Å²) >= 11 is 5.96. The first-order chi connectivity index (χ1) is 13.0. The summed E-state index contributed by atoms with van der Waals surface area (Å²) in [6.45, 7) is 6.97. The van der Waals surface area contributed by atoms with Crippen molar-refractivity contribution in [2.45, 2.75) is 13.5 Å². The molecule has 2 aromatic carbocycles. The van der Waals surface area contributed by atoms with Gasteiger partial charge in [0.05, 0.1) is 13.7 Å². The Kier molecular flexibility index (Phi) is 6.72. The lowest BCUT2D eigenvalue weighted by Crippen LogP contribution is -2.48. The van der Waals surface area contributed by atoms with Crippen LogP contribution in [0.4, 0.5) is 5.69 Å². The molecule has 0 bridgehead atoms. The zero-order valence-electron chi connectivity index (χ0n) is 15.9. The Morgan fingerprint density at radius 2 is 1.85 bits per heavy atom. The number of ether oxygens (including phenoxy) is 1. The third kappa shape index (κ3) is 5.70. The van der Waals surface area contributed by atoms with Crippen LogP contribution in [0.15, 0.2) is 42.5 Å². The third-order valence-corrected chi connectivity index (χ3v) is 5.01. The van der Waals surface area contributed by atoms with Crippen LogP contribution >= 0.6 is 11.6 Å². The number of benzene rings is 2. The number of nitrogens with one attached hydrogen (secondary N) is 1. The second-order valence-electron chi connectivity index (χ2n) is 6.93. The number of hydrogen-bond donors (Lipinski definition) is 1. The van der Waals surface area contributed by atoms with E-state index in [2.05, 4.69) is 34.2 Å². The average molecular weight is 388 g/mol. The number of anilines is 1. The number of halogens is 1. The van der Waals surface area contributed by atoms with Gasteiger partial charge >= 0.3 is 0 Å². The smallest absolute Gasteiger partial charge is 0.238 e. The standard InChI is InChI=1S/C21H26ClN3O2/c1-16-6-7-20(27-2)17(12-16)14-24-8-10-25(11-9-24)15-21(26)23-19-5-3-4-18(22)13-19/h3-7,12-13H,8-11,14-15H2,1-2H3,(H,23,26). The maximum absolute atomic E-state index is 12.3. The van der Waals surface area contributed by atoms with Crippen LogP contribution in [-0.4, -0.2) is 55.5 Å². The lowest BCUT2D eigenvalue weighted by Gasteiger charge is -2.34. The van der Waals surface area contributed by atoms with Crippen molar-refractivity contribution in [1.82, 2.24) is 9.80 Å². The summed E-state index contributed by atoms with van der Waals surface area (Å²) in [6, 6.07) is 13.5. The highest BCUT2D eigenvalue weighted by Gasteiger charge is 2.20. The zero-order chi connectivity index (χ0) is 19.2. The number of amides is 1. The molecule has 0 radical (unpaired) electrons. The van der Waals surface area contributed by atoms with Gasteiger partial charge in [0.2, 0.25) is 5.91 Å². The van der Waals surface area contributed by atoms with E-state index in [4.69, 9.17) is 16.3 Å². The summed E-state index contributed by atoms with van der Waals surface area (Å²) in [7, 11) is 1.71. The molecule has 1 N–H and O–H groups in total. The predicted molar refractivity (Wildman–Crippen MR) is 110 cm³/mol. The Morgan fingerprint density at radius 3 is 2.56 bits per heavy atom. The van der Waals surface area contributed by atoms with E-state index in [1.165, 1.54) is 11.1 Å². The summed E-state index contributed by atoms with van der Waals surface area (Å²) in [5, 5.41) is 3.53. The lowest BCUT2D eigenvalue weighted by atomic mass is 10.1. The van der Waals surface area contributed by atoms with E-state index in [1.807, 2.05) is 18.2 Å². The van der Waals surface area contributed by atoms with Crippen LogP contribution in [0.25, 0.3) is 0 Å². The number of piperazine rings is 1. The van der Waals surface area contributed by atoms with Gasteiger partial charge in [-0.2, -0.15) is 0 Å². The second-order valence-corrected chi connectivity index (χ2v) is 7.36. The van der Waals surface area contributed by atoms with Gasteiger partial charge in [-0.3, -0.25) is 14.6 Å². The Balaban J connectivity index is 1.47. The molecule has 1 heterocycles. The average Bonchev–Trinajstić information content (AvgIpc) is 2.63. The largest absolute Gasteiger partial charge is 0.496 e. The van der Waals surface area contributed by atoms with Crippen LogP contribution in [0.2, 0.25) is 5.02 Å². The summed E-state index contributed by atoms with van der Waals surface area (Å²) in [5.74, 6) is 0.926. The van der Waals surface area contributed by atoms with Gasteiger partial charge in [-0.05, 0) is 31.2 Å². The fourth-order valence-corrected chi connectivity index (χ4v) is 3.54. The van der Waals surface area contributed by atoms with E-state index in [9.17, 15) is 4.79 Å². The number of hydrogen-bond acceptors (Lipinski definition) is 4. The molecule has 0 aliphatic carbocycles. The number of aryl methyl sites for hydroxylation is 1. The normalized spacial score (nSPS) is 15.5. The van der Waals surface area contributed by atoms with Crippen molar-refractivity contribution in [3.8, 4) is 5.75 Å². The monoisotopic (exact) mass is 387 g/mol. The zero-order valence-corrected chi connectivity index (χ0v) is 16.6. The van der Waals surface area contributed by atoms with E-state index >= 15 is 0 Å². The summed E-state index contributed by atoms with van der Waals surface area (Å²) in [6.07, 6.45) is 0. The number of nitrogens with zero attached hydrogens (tertiary/aromatic N) is 2. The van der Waals surface area contributed by atoms with Crippen LogP contribution in [0.1, 0.15) is 11.1 Å². The molecule has 1 saturated heterocycles. The number of carbonyl (C=O) groups is 1. The second kappa shape index (κ2) is 9.22. The fraction of sp³-hybridized carbons (Fsp3) is 0.381. The van der Waals surface area contributed by atoms with Gasteiger partial charge < -0.3 is 10.1 Å². The first-order valence-corrected chi connectivity index (χ1v) is 9.55. The number of methoxy groups -OCH3 is 1. The van der Waals surface area contributed by atoms with Gasteiger partial charge in [-0.1, -0.05) is 35.4 Å². The van der Waals surface area contributed by atoms with Crippen LogP contribution in [0.5, 0.6) is 5.75 Å². The molecular formula is C21H26ClN3O2. The number of rotatable bonds is 6. The molecule has 1 fully saturated rings. The van der Waals surface area contributed by atoms with E-state index in [1.54, 1.807) is 19.2 Å². The quantitative estimate of drug-likeness (QED) is 0.825. The molecule has 6 heteroatoms. The van der Waals surface area contributed by atoms with E-state index in [0.717, 1.165) is 44.2 Å². The Bertz CT molecular complexity index is 789. The van der Waals surface area contributed by atoms with Crippen LogP contribution in [0, 0.1) is 6.92 Å². The van der Waals surface area contributed by atoms with E-state index < -0.39 is 0 Å². The van der Waals surface area contributed by atoms with Crippen LogP contribution in [-0.2, 0) is 11.3 Å². The van der Waals surface area contributed by atoms with Crippen LogP contribution < -0.4 is 10.1 Å². The van der Waals surface area contributed by atoms with Crippen LogP contribution in [0.3, 0.4) is 0 Å². The summed E-state index contributed by atoms with van der Waals surface area (Å²) in [5.41, 5.74) is 3.18. The molecule has 5 nitrogen and oxygen atoms in total. The minimum atomic E-state index is -0.00827. The fourth-order valence-electron chi connectivity index (χ4n) is 3.35. The SMILES string of the molecule is COc1ccc(C)cc1CN1CCN(CC(=O)Nc2cccc(Cl)c2)CC1. The minimum absolute atomic E-state index is 0.00827. The Hall–Kier alpha value is -2.08. The van der Waals surface area contributed by atoms with Crippen molar-refractivity contribution in [2.24, 2.45) is 0 Å². The minimum Gasteiger partial charge on any atom is -0.496 e. The molecule has 1 aliphatic rings. The molecule has 3 rings (SSSR count). The molecule has 0 atom stereocenters. The Labute approximate surface area is 165 Å². The predicted octanol–water partition coefficient (Wildman–Crippen LogP) is 3.41. The topological polar surface area (TPSA) is 44.8 Å². The van der Waals surface area contributed by atoms with Crippen molar-refractivity contribution in [1.29, 1.82) is 0 Å². The van der Waals surface area contributed by atoms with Gasteiger partial charge in [-0.15, -0.1) is 0 Å². The molecule has 1 aliphatic heterocycles. The molecular weight excluding hydrogens is 362 g/mol. The lowest BCUT2D eigenvalue weighted by molar-refractivity contribution is -0.117. The Morgan fingerprint density at radius 1 is 1.11 bits per heavy atom. The highest BCUT2D eigenvalue weighted by molar-refractivity contribution is 6.30. The maximum Gasteiger partial charge on any atom is 0.238 e. The van der Waals surface area contributed by atoms with Crippen molar-refractivity contribution in [3.05, 3.63) is 58.6 Å². The van der Waals surface area contributed by atoms with Crippen molar-refractivity contribution in [2.75, 3.05) is 45.2 Å². The highest BCUT2D eigenvalue weighted by Crippen LogP contribution is 2.22. The summed E-state index contributed by atoms with van der Waals surface area (Å²) < 4.78 is 5.48. The molecule has 0 spiro atoms. The molecule has 144 valence electrons. The van der Waals surface area contributed by atoms with Gasteiger partial charge in [0.15, 0.2) is 0 Å². The maximum atomic E-state index is 12.3. The van der Waals surface area contributed by atoms with Crippen molar-refractivity contribution in [3.63, 3.8) is 0 Å². The molecule has 27 heavy (non-hydrogen) atoms. The molecule has 0 aromatic heterocycles. The highest BCUT2D eigenvalue weighted by atomic mass is 35.5. The van der Waals surface area contributed by atoms with Gasteiger partial charge in [-0.25, -0.2) is 0 Å². The summed E-state index contributed by atoms with van der Waals surface area (Å²) in [4.78, 5) is 16.8. The number of carbonyl (C=O) groups excluding carboxylic acids is 1. The van der Waals surface area contributed by atoms with Crippen molar-refractivity contribution >= 4 is 23.2 Å². The molecule has 0 unspecified atom stereocenters. The van der Waals surface area contributed by atoms with Gasteiger partial charge in [0, 0.05) is 49.0 Å². The molecule has 2 aromatic rings. The third-order valence-electron chi connectivity index (χ3n) is 4.77. The first-order valence-electron chi connectivity index (χ1n) is 9.17. The van der Waals surface area contributed by atoms with E-state index in [-0.39, 0.29) is 5.91 Å². The van der Waals surface area contributed by atoms with Crippen molar-refractivity contribution < 1.29 is 9.53 Å².